The Hall–Kier alpha value is -6.20. The highest BCUT2D eigenvalue weighted by molar-refractivity contribution is 5.94. The summed E-state index contributed by atoms with van der Waals surface area (Å²) in [5.41, 5.74) is 11.3. The number of hydrogen-bond donors (Lipinski definition) is 2. The first-order chi connectivity index (χ1) is 26.1. The van der Waals surface area contributed by atoms with Gasteiger partial charge in [-0.1, -0.05) is 121 Å². The Kier molecular flexibility index (Phi) is 8.47. The molecular weight excluding hydrogens is 653 g/mol. The molecule has 8 aromatic carbocycles. The topological polar surface area (TPSA) is 58.9 Å². The molecule has 9 rings (SSSR count). The average Bonchev–Trinajstić information content (AvgIpc) is 3.52. The number of ether oxygens (including phenoxy) is 2. The molecule has 258 valence electrons. The van der Waals surface area contributed by atoms with Crippen LogP contribution in [0.3, 0.4) is 0 Å². The van der Waals surface area contributed by atoms with Crippen LogP contribution in [0.2, 0.25) is 0 Å². The van der Waals surface area contributed by atoms with E-state index in [0.29, 0.717) is 0 Å². The van der Waals surface area contributed by atoms with Crippen molar-refractivity contribution in [2.45, 2.75) is 5.41 Å². The normalized spacial score (nSPS) is 12.8. The van der Waals surface area contributed by atoms with Crippen molar-refractivity contribution >= 4 is 21.5 Å². The van der Waals surface area contributed by atoms with Crippen LogP contribution in [0.15, 0.2) is 170 Å². The molecule has 0 amide bonds. The Labute approximate surface area is 309 Å². The zero-order chi connectivity index (χ0) is 35.8. The van der Waals surface area contributed by atoms with E-state index in [-0.39, 0.29) is 26.4 Å². The van der Waals surface area contributed by atoms with Crippen LogP contribution in [-0.4, -0.2) is 36.6 Å². The molecule has 53 heavy (non-hydrogen) atoms. The summed E-state index contributed by atoms with van der Waals surface area (Å²) in [6.45, 7) is 0.448. The minimum absolute atomic E-state index is 0.0307. The number of aliphatic hydroxyl groups is 2. The SMILES string of the molecule is OCCOc1ccc2cc(C3(c4ccc5cc(OCCO)ccc5c4)c4cc(-c5ccccc5)ccc4-c4ccc(-c5ccccc5)cc43)ccc2c1. The molecule has 1 aliphatic rings. The summed E-state index contributed by atoms with van der Waals surface area (Å²) in [7, 11) is 0. The van der Waals surface area contributed by atoms with Gasteiger partial charge in [-0.15, -0.1) is 0 Å². The maximum atomic E-state index is 9.35. The van der Waals surface area contributed by atoms with Gasteiger partial charge in [0.25, 0.3) is 0 Å². The van der Waals surface area contributed by atoms with E-state index in [0.717, 1.165) is 33.0 Å². The highest BCUT2D eigenvalue weighted by atomic mass is 16.5. The summed E-state index contributed by atoms with van der Waals surface area (Å²) in [5.74, 6) is 1.48. The second-order valence-corrected chi connectivity index (χ2v) is 13.6. The van der Waals surface area contributed by atoms with Crippen LogP contribution in [0.5, 0.6) is 11.5 Å². The summed E-state index contributed by atoms with van der Waals surface area (Å²) in [6.07, 6.45) is 0. The molecule has 0 radical (unpaired) electrons. The maximum Gasteiger partial charge on any atom is 0.120 e. The zero-order valence-electron chi connectivity index (χ0n) is 29.2. The van der Waals surface area contributed by atoms with E-state index < -0.39 is 5.41 Å². The van der Waals surface area contributed by atoms with Gasteiger partial charge in [0.15, 0.2) is 0 Å². The van der Waals surface area contributed by atoms with Gasteiger partial charge in [0, 0.05) is 0 Å². The van der Waals surface area contributed by atoms with Crippen molar-refractivity contribution in [3.63, 3.8) is 0 Å². The van der Waals surface area contributed by atoms with Crippen molar-refractivity contribution in [1.82, 2.24) is 0 Å². The lowest BCUT2D eigenvalue weighted by Crippen LogP contribution is -2.28. The van der Waals surface area contributed by atoms with Crippen LogP contribution < -0.4 is 9.47 Å². The van der Waals surface area contributed by atoms with Gasteiger partial charge in [0.05, 0.1) is 18.6 Å². The fourth-order valence-electron chi connectivity index (χ4n) is 8.15. The highest BCUT2D eigenvalue weighted by Gasteiger charge is 2.46. The summed E-state index contributed by atoms with van der Waals surface area (Å²) in [6, 6.07) is 61.1. The second-order valence-electron chi connectivity index (χ2n) is 13.6. The smallest absolute Gasteiger partial charge is 0.120 e. The summed E-state index contributed by atoms with van der Waals surface area (Å²) in [4.78, 5) is 0. The van der Waals surface area contributed by atoms with Crippen LogP contribution in [0, 0.1) is 0 Å². The largest absolute Gasteiger partial charge is 0.491 e. The number of rotatable bonds is 10. The third kappa shape index (κ3) is 5.73. The Morgan fingerprint density at radius 1 is 0.377 bits per heavy atom. The maximum absolute atomic E-state index is 9.35. The Morgan fingerprint density at radius 3 is 1.23 bits per heavy atom. The van der Waals surface area contributed by atoms with Gasteiger partial charge in [-0.2, -0.15) is 0 Å². The molecule has 4 heteroatoms. The second kappa shape index (κ2) is 13.7. The zero-order valence-corrected chi connectivity index (χ0v) is 29.2. The van der Waals surface area contributed by atoms with Crippen molar-refractivity contribution in [2.24, 2.45) is 0 Å². The minimum atomic E-state index is -0.666. The van der Waals surface area contributed by atoms with Crippen LogP contribution in [0.4, 0.5) is 0 Å². The van der Waals surface area contributed by atoms with E-state index in [2.05, 4.69) is 146 Å². The van der Waals surface area contributed by atoms with Gasteiger partial charge < -0.3 is 19.7 Å². The predicted molar refractivity (Wildman–Crippen MR) is 215 cm³/mol. The van der Waals surface area contributed by atoms with Crippen molar-refractivity contribution < 1.29 is 19.7 Å². The molecule has 0 heterocycles. The van der Waals surface area contributed by atoms with Crippen LogP contribution in [0.1, 0.15) is 22.3 Å². The first kappa shape index (κ1) is 32.7. The molecule has 2 N–H and O–H groups in total. The molecule has 0 fully saturated rings. The highest BCUT2D eigenvalue weighted by Crippen LogP contribution is 2.58. The molecule has 0 saturated heterocycles. The molecule has 0 bridgehead atoms. The van der Waals surface area contributed by atoms with E-state index in [1.54, 1.807) is 0 Å². The predicted octanol–water partition coefficient (Wildman–Crippen LogP) is 10.4. The van der Waals surface area contributed by atoms with Gasteiger partial charge in [0.1, 0.15) is 24.7 Å². The molecule has 4 nitrogen and oxygen atoms in total. The van der Waals surface area contributed by atoms with Gasteiger partial charge in [0.2, 0.25) is 0 Å². The molecule has 0 saturated carbocycles. The summed E-state index contributed by atoms with van der Waals surface area (Å²) >= 11 is 0. The number of aliphatic hydroxyl groups excluding tert-OH is 2. The standard InChI is InChI=1S/C49H38O4/c50-23-25-52-43-19-13-35-27-41(17-11-37(35)29-43)49(42-18-12-38-30-44(53-26-24-51)20-14-36(38)28-42)47-31-39(33-7-3-1-4-8-33)15-21-45(47)46-22-16-40(32-48(46)49)34-9-5-2-6-10-34/h1-22,27-32,50-51H,23-26H2. The van der Waals surface area contributed by atoms with Crippen LogP contribution in [0.25, 0.3) is 54.9 Å². The lowest BCUT2D eigenvalue weighted by molar-refractivity contribution is 0.201. The molecule has 0 aromatic heterocycles. The van der Waals surface area contributed by atoms with Crippen LogP contribution in [-0.2, 0) is 5.41 Å². The monoisotopic (exact) mass is 690 g/mol. The third-order valence-corrected chi connectivity index (χ3v) is 10.6. The third-order valence-electron chi connectivity index (χ3n) is 10.6. The molecule has 0 spiro atoms. The fraction of sp³-hybridized carbons (Fsp3) is 0.102. The van der Waals surface area contributed by atoms with Gasteiger partial charge in [-0.25, -0.2) is 0 Å². The molecule has 0 aliphatic heterocycles. The first-order valence-electron chi connectivity index (χ1n) is 18.1. The van der Waals surface area contributed by atoms with E-state index >= 15 is 0 Å². The van der Waals surface area contributed by atoms with Gasteiger partial charge in [-0.3, -0.25) is 0 Å². The van der Waals surface area contributed by atoms with Crippen molar-refractivity contribution in [2.75, 3.05) is 26.4 Å². The Balaban J connectivity index is 1.35. The number of benzene rings is 8. The molecule has 8 aromatic rings. The summed E-state index contributed by atoms with van der Waals surface area (Å²) < 4.78 is 11.6. The van der Waals surface area contributed by atoms with Crippen molar-refractivity contribution in [3.05, 3.63) is 192 Å². The van der Waals surface area contributed by atoms with Crippen molar-refractivity contribution in [3.8, 4) is 44.9 Å². The quantitative estimate of drug-likeness (QED) is 0.150. The summed E-state index contributed by atoms with van der Waals surface area (Å²) in [5, 5.41) is 23.1. The first-order valence-corrected chi connectivity index (χ1v) is 18.1. The minimum Gasteiger partial charge on any atom is -0.491 e. The molecular formula is C49H38O4. The Bertz CT molecular complexity index is 2410. The molecule has 0 unspecified atom stereocenters. The van der Waals surface area contributed by atoms with E-state index in [1.807, 2.05) is 24.3 Å². The number of fused-ring (bicyclic) bond motifs is 5. The Morgan fingerprint density at radius 2 is 0.792 bits per heavy atom. The molecule has 0 atom stereocenters. The van der Waals surface area contributed by atoms with Gasteiger partial charge >= 0.3 is 0 Å². The fourth-order valence-corrected chi connectivity index (χ4v) is 8.15. The van der Waals surface area contributed by atoms with Crippen LogP contribution >= 0.6 is 0 Å². The van der Waals surface area contributed by atoms with E-state index in [9.17, 15) is 10.2 Å². The van der Waals surface area contributed by atoms with E-state index in [1.165, 1.54) is 55.6 Å². The number of hydrogen-bond acceptors (Lipinski definition) is 4. The average molecular weight is 691 g/mol. The van der Waals surface area contributed by atoms with Gasteiger partial charge in [-0.05, 0) is 126 Å². The molecule has 1 aliphatic carbocycles. The lowest BCUT2D eigenvalue weighted by Gasteiger charge is -2.35. The van der Waals surface area contributed by atoms with E-state index in [4.69, 9.17) is 9.47 Å². The van der Waals surface area contributed by atoms with Crippen molar-refractivity contribution in [1.29, 1.82) is 0 Å². The lowest BCUT2D eigenvalue weighted by atomic mass is 9.66.